The molecule has 0 spiro atoms. The summed E-state index contributed by atoms with van der Waals surface area (Å²) in [5.74, 6) is 0. The van der Waals surface area contributed by atoms with Crippen LogP contribution in [0.2, 0.25) is 0 Å². The standard InChI is InChI=1S/C8H17NO4S/c1-7(2)9-5-3-8(10,4-6-9)14(11,12)13/h7,10H,3-6H2,1-2H3,(H,11,12,13). The Morgan fingerprint density at radius 1 is 1.29 bits per heavy atom. The van der Waals surface area contributed by atoms with Gasteiger partial charge in [0.25, 0.3) is 10.1 Å². The molecule has 2 N–H and O–H groups in total. The molecule has 0 unspecified atom stereocenters. The van der Waals surface area contributed by atoms with E-state index in [-0.39, 0.29) is 12.8 Å². The third-order valence-corrected chi connectivity index (χ3v) is 4.16. The Labute approximate surface area is 84.5 Å². The van der Waals surface area contributed by atoms with E-state index in [4.69, 9.17) is 4.55 Å². The lowest BCUT2D eigenvalue weighted by Gasteiger charge is -2.37. The second-order valence-corrected chi connectivity index (χ2v) is 5.76. The lowest BCUT2D eigenvalue weighted by Crippen LogP contribution is -2.50. The smallest absolute Gasteiger partial charge is 0.295 e. The summed E-state index contributed by atoms with van der Waals surface area (Å²) in [6, 6.07) is 0.334. The third kappa shape index (κ3) is 2.25. The summed E-state index contributed by atoms with van der Waals surface area (Å²) >= 11 is 0. The zero-order chi connectivity index (χ0) is 11.0. The average molecular weight is 223 g/mol. The number of piperidine rings is 1. The molecule has 0 saturated carbocycles. The van der Waals surface area contributed by atoms with Gasteiger partial charge in [-0.25, -0.2) is 0 Å². The number of hydrogen-bond donors (Lipinski definition) is 2. The van der Waals surface area contributed by atoms with Crippen LogP contribution in [0.15, 0.2) is 0 Å². The predicted molar refractivity (Wildman–Crippen MR) is 52.4 cm³/mol. The molecule has 0 aliphatic carbocycles. The molecule has 1 rings (SSSR count). The Balaban J connectivity index is 2.67. The van der Waals surface area contributed by atoms with Gasteiger partial charge in [0.15, 0.2) is 4.93 Å². The zero-order valence-corrected chi connectivity index (χ0v) is 9.29. The number of aliphatic hydroxyl groups is 1. The molecule has 14 heavy (non-hydrogen) atoms. The van der Waals surface area contributed by atoms with Crippen molar-refractivity contribution in [1.29, 1.82) is 0 Å². The molecule has 5 nitrogen and oxygen atoms in total. The van der Waals surface area contributed by atoms with Crippen molar-refractivity contribution in [3.05, 3.63) is 0 Å². The van der Waals surface area contributed by atoms with Crippen LogP contribution in [0, 0.1) is 0 Å². The van der Waals surface area contributed by atoms with Gasteiger partial charge < -0.3 is 10.0 Å². The van der Waals surface area contributed by atoms with Gasteiger partial charge in [0, 0.05) is 32.0 Å². The highest BCUT2D eigenvalue weighted by atomic mass is 32.2. The maximum Gasteiger partial charge on any atom is 0.295 e. The van der Waals surface area contributed by atoms with Crippen LogP contribution in [-0.4, -0.2) is 47.0 Å². The van der Waals surface area contributed by atoms with Crippen LogP contribution < -0.4 is 0 Å². The topological polar surface area (TPSA) is 77.8 Å². The molecule has 1 heterocycles. The molecule has 1 aliphatic rings. The van der Waals surface area contributed by atoms with Crippen LogP contribution >= 0.6 is 0 Å². The molecular weight excluding hydrogens is 206 g/mol. The van der Waals surface area contributed by atoms with E-state index in [1.807, 2.05) is 13.8 Å². The molecule has 6 heteroatoms. The van der Waals surface area contributed by atoms with Crippen molar-refractivity contribution in [2.75, 3.05) is 13.1 Å². The minimum atomic E-state index is -4.35. The molecule has 0 radical (unpaired) electrons. The van der Waals surface area contributed by atoms with Crippen LogP contribution in [0.25, 0.3) is 0 Å². The monoisotopic (exact) mass is 223 g/mol. The number of likely N-dealkylation sites (tertiary alicyclic amines) is 1. The molecule has 0 aromatic rings. The van der Waals surface area contributed by atoms with Gasteiger partial charge in [0.2, 0.25) is 0 Å². The number of nitrogens with zero attached hydrogens (tertiary/aromatic N) is 1. The van der Waals surface area contributed by atoms with E-state index in [1.54, 1.807) is 0 Å². The lowest BCUT2D eigenvalue weighted by molar-refractivity contribution is 0.0289. The van der Waals surface area contributed by atoms with E-state index in [1.165, 1.54) is 0 Å². The largest absolute Gasteiger partial charge is 0.372 e. The quantitative estimate of drug-likeness (QED) is 0.648. The highest BCUT2D eigenvalue weighted by Gasteiger charge is 2.43. The first-order chi connectivity index (χ1) is 6.26. The molecule has 1 saturated heterocycles. The van der Waals surface area contributed by atoms with Crippen molar-refractivity contribution in [2.45, 2.75) is 37.7 Å². The second kappa shape index (κ2) is 3.77. The first-order valence-corrected chi connectivity index (χ1v) is 6.14. The van der Waals surface area contributed by atoms with Gasteiger partial charge in [0.1, 0.15) is 0 Å². The summed E-state index contributed by atoms with van der Waals surface area (Å²) in [6.07, 6.45) is 0.147. The van der Waals surface area contributed by atoms with Gasteiger partial charge in [-0.2, -0.15) is 8.42 Å². The van der Waals surface area contributed by atoms with Gasteiger partial charge in [0.05, 0.1) is 0 Å². The average Bonchev–Trinajstić information content (AvgIpc) is 2.03. The van der Waals surface area contributed by atoms with E-state index in [2.05, 4.69) is 4.90 Å². The fraction of sp³-hybridized carbons (Fsp3) is 1.00. The summed E-state index contributed by atoms with van der Waals surface area (Å²) in [4.78, 5) is 0.137. The Morgan fingerprint density at radius 3 is 2.00 bits per heavy atom. The minimum Gasteiger partial charge on any atom is -0.372 e. The summed E-state index contributed by atoms with van der Waals surface area (Å²) in [6.45, 7) is 5.01. The Morgan fingerprint density at radius 2 is 1.71 bits per heavy atom. The van der Waals surface area contributed by atoms with Gasteiger partial charge >= 0.3 is 0 Å². The van der Waals surface area contributed by atoms with Crippen molar-refractivity contribution in [3.8, 4) is 0 Å². The Bertz CT molecular complexity index is 290. The zero-order valence-electron chi connectivity index (χ0n) is 8.47. The molecule has 1 aliphatic heterocycles. The van der Waals surface area contributed by atoms with Crippen molar-refractivity contribution >= 4 is 10.1 Å². The van der Waals surface area contributed by atoms with Gasteiger partial charge in [-0.3, -0.25) is 4.55 Å². The maximum atomic E-state index is 10.9. The predicted octanol–water partition coefficient (Wildman–Crippen LogP) is 0.0670. The Hall–Kier alpha value is -0.170. The van der Waals surface area contributed by atoms with E-state index < -0.39 is 15.1 Å². The summed E-state index contributed by atoms with van der Waals surface area (Å²) in [5.41, 5.74) is 0. The van der Waals surface area contributed by atoms with Gasteiger partial charge in [-0.1, -0.05) is 0 Å². The van der Waals surface area contributed by atoms with E-state index in [9.17, 15) is 13.5 Å². The highest BCUT2D eigenvalue weighted by Crippen LogP contribution is 2.27. The van der Waals surface area contributed by atoms with Crippen LogP contribution in [0.3, 0.4) is 0 Å². The molecule has 0 aromatic heterocycles. The molecule has 0 aromatic carbocycles. The number of hydrogen-bond acceptors (Lipinski definition) is 4. The van der Waals surface area contributed by atoms with Crippen molar-refractivity contribution in [3.63, 3.8) is 0 Å². The fourth-order valence-corrected chi connectivity index (χ4v) is 2.35. The normalized spacial score (nSPS) is 24.1. The highest BCUT2D eigenvalue weighted by molar-refractivity contribution is 7.87. The number of rotatable bonds is 2. The molecule has 84 valence electrons. The van der Waals surface area contributed by atoms with E-state index >= 15 is 0 Å². The van der Waals surface area contributed by atoms with Crippen molar-refractivity contribution in [1.82, 2.24) is 4.90 Å². The SMILES string of the molecule is CC(C)N1CCC(O)(S(=O)(=O)O)CC1. The van der Waals surface area contributed by atoms with Crippen LogP contribution in [0.5, 0.6) is 0 Å². The molecule has 0 bridgehead atoms. The Kier molecular flexibility index (Phi) is 3.20. The molecule has 0 amide bonds. The van der Waals surface area contributed by atoms with E-state index in [0.29, 0.717) is 19.1 Å². The van der Waals surface area contributed by atoms with Gasteiger partial charge in [-0.05, 0) is 13.8 Å². The third-order valence-electron chi connectivity index (χ3n) is 2.79. The summed E-state index contributed by atoms with van der Waals surface area (Å²) < 4.78 is 30.6. The lowest BCUT2D eigenvalue weighted by atomic mass is 10.1. The van der Waals surface area contributed by atoms with Crippen molar-refractivity contribution in [2.24, 2.45) is 0 Å². The molecular formula is C8H17NO4S. The van der Waals surface area contributed by atoms with Gasteiger partial charge in [-0.15, -0.1) is 0 Å². The summed E-state index contributed by atoms with van der Waals surface area (Å²) in [7, 11) is -4.35. The fourth-order valence-electron chi connectivity index (χ4n) is 1.65. The molecule has 1 fully saturated rings. The van der Waals surface area contributed by atoms with Crippen LogP contribution in [-0.2, 0) is 10.1 Å². The van der Waals surface area contributed by atoms with E-state index in [0.717, 1.165) is 0 Å². The van der Waals surface area contributed by atoms with Crippen LogP contribution in [0.1, 0.15) is 26.7 Å². The second-order valence-electron chi connectivity index (χ2n) is 4.05. The van der Waals surface area contributed by atoms with Crippen molar-refractivity contribution < 1.29 is 18.1 Å². The molecule has 0 atom stereocenters. The minimum absolute atomic E-state index is 0.0734. The first kappa shape index (κ1) is 11.9. The summed E-state index contributed by atoms with van der Waals surface area (Å²) in [5, 5.41) is 9.64. The van der Waals surface area contributed by atoms with Crippen LogP contribution in [0.4, 0.5) is 0 Å². The first-order valence-electron chi connectivity index (χ1n) is 4.70. The maximum absolute atomic E-state index is 10.9.